The minimum absolute atomic E-state index is 0.238. The molecular weight excluding hydrogens is 212 g/mol. The van der Waals surface area contributed by atoms with Crippen LogP contribution in [0.2, 0.25) is 0 Å². The van der Waals surface area contributed by atoms with Crippen LogP contribution in [-0.4, -0.2) is 13.2 Å². The lowest BCUT2D eigenvalue weighted by atomic mass is 10.0. The molecule has 1 aromatic rings. The normalized spacial score (nSPS) is 12.0. The van der Waals surface area contributed by atoms with Crippen LogP contribution in [0.15, 0.2) is 35.9 Å². The summed E-state index contributed by atoms with van der Waals surface area (Å²) in [6.07, 6.45) is 4.15. The maximum absolute atomic E-state index is 5.52. The average Bonchev–Trinajstić information content (AvgIpc) is 2.34. The van der Waals surface area contributed by atoms with Crippen molar-refractivity contribution in [3.63, 3.8) is 0 Å². The first kappa shape index (κ1) is 13.7. The van der Waals surface area contributed by atoms with Crippen LogP contribution in [0.3, 0.4) is 0 Å². The van der Waals surface area contributed by atoms with Crippen molar-refractivity contribution in [2.75, 3.05) is 7.11 Å². The lowest BCUT2D eigenvalue weighted by Crippen LogP contribution is -2.34. The molecule has 0 radical (unpaired) electrons. The highest BCUT2D eigenvalue weighted by Gasteiger charge is 2.03. The number of rotatable bonds is 6. The van der Waals surface area contributed by atoms with Gasteiger partial charge in [-0.25, -0.2) is 0 Å². The van der Waals surface area contributed by atoms with Gasteiger partial charge in [0, 0.05) is 6.04 Å². The Morgan fingerprint density at radius 1 is 1.35 bits per heavy atom. The first-order chi connectivity index (χ1) is 8.15. The number of nitrogens with two attached hydrogens (primary N) is 1. The van der Waals surface area contributed by atoms with Gasteiger partial charge in [0.25, 0.3) is 0 Å². The minimum Gasteiger partial charge on any atom is -0.497 e. The van der Waals surface area contributed by atoms with E-state index in [1.807, 2.05) is 12.1 Å². The molecule has 17 heavy (non-hydrogen) atoms. The van der Waals surface area contributed by atoms with Crippen molar-refractivity contribution in [2.24, 2.45) is 5.84 Å². The molecule has 0 aliphatic heterocycles. The summed E-state index contributed by atoms with van der Waals surface area (Å²) in [6.45, 7) is 4.16. The smallest absolute Gasteiger partial charge is 0.118 e. The van der Waals surface area contributed by atoms with Crippen LogP contribution in [-0.2, 0) is 6.42 Å². The molecule has 1 rings (SSSR count). The molecule has 94 valence electrons. The first-order valence-corrected chi connectivity index (χ1v) is 5.89. The van der Waals surface area contributed by atoms with Gasteiger partial charge in [-0.1, -0.05) is 23.8 Å². The number of ether oxygens (including phenoxy) is 1. The van der Waals surface area contributed by atoms with Crippen molar-refractivity contribution in [1.29, 1.82) is 0 Å². The zero-order valence-electron chi connectivity index (χ0n) is 10.9. The molecule has 3 N–H and O–H groups in total. The van der Waals surface area contributed by atoms with E-state index >= 15 is 0 Å². The van der Waals surface area contributed by atoms with Crippen LogP contribution < -0.4 is 16.0 Å². The van der Waals surface area contributed by atoms with Crippen LogP contribution in [0.5, 0.6) is 5.75 Å². The van der Waals surface area contributed by atoms with Crippen molar-refractivity contribution < 1.29 is 4.74 Å². The molecule has 3 heteroatoms. The van der Waals surface area contributed by atoms with E-state index in [0.29, 0.717) is 0 Å². The molecule has 0 spiro atoms. The fourth-order valence-corrected chi connectivity index (χ4v) is 1.73. The van der Waals surface area contributed by atoms with Crippen LogP contribution >= 0.6 is 0 Å². The van der Waals surface area contributed by atoms with E-state index in [0.717, 1.165) is 18.6 Å². The van der Waals surface area contributed by atoms with Crippen molar-refractivity contribution >= 4 is 0 Å². The molecule has 1 aromatic carbocycles. The maximum Gasteiger partial charge on any atom is 0.118 e. The minimum atomic E-state index is 0.238. The Morgan fingerprint density at radius 3 is 2.47 bits per heavy atom. The van der Waals surface area contributed by atoms with E-state index in [1.165, 1.54) is 11.1 Å². The summed E-state index contributed by atoms with van der Waals surface area (Å²) >= 11 is 0. The third kappa shape index (κ3) is 5.02. The second-order valence-corrected chi connectivity index (χ2v) is 4.40. The number of nitrogens with one attached hydrogen (secondary N) is 1. The van der Waals surface area contributed by atoms with E-state index in [2.05, 4.69) is 37.5 Å². The Hall–Kier alpha value is -1.32. The number of benzene rings is 1. The highest BCUT2D eigenvalue weighted by molar-refractivity contribution is 5.27. The van der Waals surface area contributed by atoms with Crippen LogP contribution in [0, 0.1) is 0 Å². The van der Waals surface area contributed by atoms with Gasteiger partial charge in [-0.2, -0.15) is 0 Å². The molecule has 0 bridgehead atoms. The van der Waals surface area contributed by atoms with E-state index < -0.39 is 0 Å². The predicted molar refractivity (Wildman–Crippen MR) is 71.9 cm³/mol. The van der Waals surface area contributed by atoms with Gasteiger partial charge >= 0.3 is 0 Å². The standard InChI is InChI=1S/C14H22N2O/c1-11(2)10-13(16-15)7-4-12-5-8-14(17-3)9-6-12/h5-6,8-10,13,16H,4,7,15H2,1-3H3. The largest absolute Gasteiger partial charge is 0.497 e. The Labute approximate surface area is 104 Å². The fraction of sp³-hybridized carbons (Fsp3) is 0.429. The van der Waals surface area contributed by atoms with Crippen molar-refractivity contribution in [1.82, 2.24) is 5.43 Å². The third-order valence-electron chi connectivity index (χ3n) is 2.65. The van der Waals surface area contributed by atoms with Gasteiger partial charge in [-0.05, 0) is 44.4 Å². The van der Waals surface area contributed by atoms with Crippen molar-refractivity contribution in [2.45, 2.75) is 32.7 Å². The summed E-state index contributed by atoms with van der Waals surface area (Å²) in [5.74, 6) is 6.41. The molecule has 1 atom stereocenters. The maximum atomic E-state index is 5.52. The number of hydrogen-bond acceptors (Lipinski definition) is 3. The van der Waals surface area contributed by atoms with E-state index in [4.69, 9.17) is 10.6 Å². The number of methoxy groups -OCH3 is 1. The molecule has 0 heterocycles. The molecule has 0 saturated carbocycles. The molecular formula is C14H22N2O. The van der Waals surface area contributed by atoms with Gasteiger partial charge in [0.1, 0.15) is 5.75 Å². The Balaban J connectivity index is 2.50. The molecule has 0 fully saturated rings. The molecule has 0 aromatic heterocycles. The molecule has 0 aliphatic rings. The highest BCUT2D eigenvalue weighted by Crippen LogP contribution is 2.13. The number of aryl methyl sites for hydroxylation is 1. The SMILES string of the molecule is COc1ccc(CCC(C=C(C)C)NN)cc1. The second-order valence-electron chi connectivity index (χ2n) is 4.40. The lowest BCUT2D eigenvalue weighted by Gasteiger charge is -2.12. The third-order valence-corrected chi connectivity index (χ3v) is 2.65. The highest BCUT2D eigenvalue weighted by atomic mass is 16.5. The second kappa shape index (κ2) is 7.09. The molecule has 0 amide bonds. The number of allylic oxidation sites excluding steroid dienone is 1. The van der Waals surface area contributed by atoms with Crippen molar-refractivity contribution in [3.05, 3.63) is 41.5 Å². The van der Waals surface area contributed by atoms with Gasteiger partial charge in [0.05, 0.1) is 7.11 Å². The lowest BCUT2D eigenvalue weighted by molar-refractivity contribution is 0.414. The Morgan fingerprint density at radius 2 is 2.00 bits per heavy atom. The molecule has 3 nitrogen and oxygen atoms in total. The number of hydrazine groups is 1. The van der Waals surface area contributed by atoms with Gasteiger partial charge in [-0.15, -0.1) is 0 Å². The Bertz CT molecular complexity index is 353. The zero-order valence-corrected chi connectivity index (χ0v) is 10.9. The summed E-state index contributed by atoms with van der Waals surface area (Å²) in [4.78, 5) is 0. The van der Waals surface area contributed by atoms with E-state index in [1.54, 1.807) is 7.11 Å². The van der Waals surface area contributed by atoms with Gasteiger partial charge in [0.15, 0.2) is 0 Å². The zero-order chi connectivity index (χ0) is 12.7. The summed E-state index contributed by atoms with van der Waals surface area (Å²) in [5, 5.41) is 0. The first-order valence-electron chi connectivity index (χ1n) is 5.89. The van der Waals surface area contributed by atoms with Gasteiger partial charge in [-0.3, -0.25) is 11.3 Å². The van der Waals surface area contributed by atoms with Crippen LogP contribution in [0.1, 0.15) is 25.8 Å². The van der Waals surface area contributed by atoms with E-state index in [9.17, 15) is 0 Å². The molecule has 0 saturated heterocycles. The predicted octanol–water partition coefficient (Wildman–Crippen LogP) is 2.43. The monoisotopic (exact) mass is 234 g/mol. The van der Waals surface area contributed by atoms with Gasteiger partial charge in [0.2, 0.25) is 0 Å². The Kier molecular flexibility index (Phi) is 5.73. The number of hydrogen-bond donors (Lipinski definition) is 2. The summed E-state index contributed by atoms with van der Waals surface area (Å²) < 4.78 is 5.13. The molecule has 1 unspecified atom stereocenters. The van der Waals surface area contributed by atoms with Crippen molar-refractivity contribution in [3.8, 4) is 5.75 Å². The molecule has 0 aliphatic carbocycles. The topological polar surface area (TPSA) is 47.3 Å². The fourth-order valence-electron chi connectivity index (χ4n) is 1.73. The van der Waals surface area contributed by atoms with E-state index in [-0.39, 0.29) is 6.04 Å². The van der Waals surface area contributed by atoms with Crippen LogP contribution in [0.4, 0.5) is 0 Å². The summed E-state index contributed by atoms with van der Waals surface area (Å²) in [5.41, 5.74) is 5.40. The van der Waals surface area contributed by atoms with Crippen LogP contribution in [0.25, 0.3) is 0 Å². The van der Waals surface area contributed by atoms with Gasteiger partial charge < -0.3 is 4.74 Å². The summed E-state index contributed by atoms with van der Waals surface area (Å²) in [7, 11) is 1.68. The summed E-state index contributed by atoms with van der Waals surface area (Å²) in [6, 6.07) is 8.40. The average molecular weight is 234 g/mol. The quantitative estimate of drug-likeness (QED) is 0.451.